The largest absolute Gasteiger partial charge is 1.00 e. The average molecular weight is 453 g/mol. The van der Waals surface area contributed by atoms with E-state index >= 15 is 0 Å². The van der Waals surface area contributed by atoms with Crippen LogP contribution in [0.25, 0.3) is 10.9 Å². The molecular formula is C27H45N2NaO2. The Balaban J connectivity index is 0.00000512. The quantitative estimate of drug-likeness (QED) is 0.203. The Kier molecular flexibility index (Phi) is 17.0. The Morgan fingerprint density at radius 2 is 1.44 bits per heavy atom. The number of rotatable bonds is 18. The van der Waals surface area contributed by atoms with Crippen molar-refractivity contribution in [2.24, 2.45) is 5.73 Å². The van der Waals surface area contributed by atoms with Gasteiger partial charge in [-0.05, 0) is 18.1 Å². The molecule has 1 atom stereocenters. The van der Waals surface area contributed by atoms with E-state index in [1.165, 1.54) is 77.0 Å². The summed E-state index contributed by atoms with van der Waals surface area (Å²) in [7, 11) is 0. The number of ether oxygens (including phenoxy) is 1. The number of aromatic amines is 1. The third kappa shape index (κ3) is 11.9. The average Bonchev–Trinajstić information content (AvgIpc) is 3.19. The zero-order chi connectivity index (χ0) is 22.2. The number of nitrogens with one attached hydrogen (secondary N) is 1. The van der Waals surface area contributed by atoms with Crippen LogP contribution in [0, 0.1) is 0 Å². The van der Waals surface area contributed by atoms with Crippen LogP contribution in [0.15, 0.2) is 30.5 Å². The molecule has 1 heterocycles. The predicted octanol–water partition coefficient (Wildman–Crippen LogP) is 4.18. The molecule has 0 spiro atoms. The van der Waals surface area contributed by atoms with Crippen molar-refractivity contribution in [2.75, 3.05) is 6.61 Å². The molecule has 1 aromatic carbocycles. The summed E-state index contributed by atoms with van der Waals surface area (Å²) >= 11 is 0. The van der Waals surface area contributed by atoms with Crippen molar-refractivity contribution >= 4 is 16.9 Å². The molecule has 0 radical (unpaired) electrons. The number of aromatic nitrogens is 1. The smallest absolute Gasteiger partial charge is 1.00 e. The number of carbonyl (C=O) groups is 1. The van der Waals surface area contributed by atoms with E-state index in [1.807, 2.05) is 30.5 Å². The number of para-hydroxylation sites is 1. The Morgan fingerprint density at radius 3 is 2.03 bits per heavy atom. The van der Waals surface area contributed by atoms with E-state index < -0.39 is 6.04 Å². The van der Waals surface area contributed by atoms with Gasteiger partial charge in [0.1, 0.15) is 6.04 Å². The Hall–Kier alpha value is -0.810. The number of hydrogen-bond acceptors (Lipinski definition) is 3. The number of hydrogen-bond donors (Lipinski definition) is 2. The fraction of sp³-hybridized carbons (Fsp3) is 0.667. The van der Waals surface area contributed by atoms with Crippen LogP contribution in [0.3, 0.4) is 0 Å². The third-order valence-corrected chi connectivity index (χ3v) is 6.16. The summed E-state index contributed by atoms with van der Waals surface area (Å²) in [6, 6.07) is 7.46. The van der Waals surface area contributed by atoms with Crippen LogP contribution in [0.2, 0.25) is 0 Å². The van der Waals surface area contributed by atoms with E-state index in [-0.39, 0.29) is 37.0 Å². The summed E-state index contributed by atoms with van der Waals surface area (Å²) in [5.74, 6) is -0.292. The van der Waals surface area contributed by atoms with Crippen LogP contribution < -0.4 is 35.3 Å². The minimum absolute atomic E-state index is 0. The topological polar surface area (TPSA) is 68.1 Å². The molecule has 176 valence electrons. The first-order valence-electron chi connectivity index (χ1n) is 12.7. The molecule has 1 aromatic heterocycles. The van der Waals surface area contributed by atoms with Crippen LogP contribution in [0.5, 0.6) is 0 Å². The molecule has 0 saturated carbocycles. The molecule has 0 aliphatic heterocycles. The number of unbranched alkanes of at least 4 members (excludes halogenated alkanes) is 13. The van der Waals surface area contributed by atoms with Gasteiger partial charge in [0, 0.05) is 23.5 Å². The fourth-order valence-electron chi connectivity index (χ4n) is 4.20. The number of H-pyrrole nitrogens is 1. The summed E-state index contributed by atoms with van der Waals surface area (Å²) in [6.45, 7) is 2.76. The molecule has 3 N–H and O–H groups in total. The van der Waals surface area contributed by atoms with Gasteiger partial charge in [-0.2, -0.15) is 0 Å². The second kappa shape index (κ2) is 18.6. The molecular weight excluding hydrogens is 407 g/mol. The van der Waals surface area contributed by atoms with E-state index in [9.17, 15) is 4.79 Å². The minimum atomic E-state index is -0.606. The molecule has 0 aliphatic carbocycles. The zero-order valence-electron chi connectivity index (χ0n) is 21.7. The van der Waals surface area contributed by atoms with E-state index in [4.69, 9.17) is 10.5 Å². The standard InChI is InChI=1S/C27H44N2O2.Na.H/c1-2-3-4-5-6-7-8-9-10-11-12-13-14-17-20-31-27(30)25(28)21-23-22-29-26-19-16-15-18-24(23)26;;/h15-16,18-19,22,25,29H,2-14,17,20-21,28H2,1H3;;/q;+1;-1/t25-;;/m0../s1. The number of benzene rings is 1. The molecule has 2 aromatic rings. The monoisotopic (exact) mass is 452 g/mol. The van der Waals surface area contributed by atoms with Gasteiger partial charge in [-0.3, -0.25) is 4.79 Å². The maximum absolute atomic E-state index is 12.2. The van der Waals surface area contributed by atoms with Crippen LogP contribution in [0.1, 0.15) is 104 Å². The normalized spacial score (nSPS) is 11.9. The molecule has 2 rings (SSSR count). The Labute approximate surface area is 219 Å². The van der Waals surface area contributed by atoms with Crippen LogP contribution in [0.4, 0.5) is 0 Å². The first-order chi connectivity index (χ1) is 15.2. The van der Waals surface area contributed by atoms with Crippen molar-refractivity contribution in [1.82, 2.24) is 4.98 Å². The van der Waals surface area contributed by atoms with E-state index in [1.54, 1.807) is 0 Å². The van der Waals surface area contributed by atoms with Crippen molar-refractivity contribution < 1.29 is 40.5 Å². The second-order valence-electron chi connectivity index (χ2n) is 8.93. The van der Waals surface area contributed by atoms with Crippen molar-refractivity contribution in [3.8, 4) is 0 Å². The van der Waals surface area contributed by atoms with E-state index in [0.717, 1.165) is 29.3 Å². The summed E-state index contributed by atoms with van der Waals surface area (Å²) in [4.78, 5) is 15.4. The molecule has 0 aliphatic rings. The molecule has 5 heteroatoms. The van der Waals surface area contributed by atoms with Gasteiger partial charge >= 0.3 is 35.5 Å². The van der Waals surface area contributed by atoms with Crippen LogP contribution >= 0.6 is 0 Å². The summed E-state index contributed by atoms with van der Waals surface area (Å²) < 4.78 is 5.40. The molecule has 0 amide bonds. The number of carbonyl (C=O) groups excluding carboxylic acids is 1. The molecule has 0 saturated heterocycles. The van der Waals surface area contributed by atoms with Crippen LogP contribution in [-0.4, -0.2) is 23.6 Å². The van der Waals surface area contributed by atoms with Gasteiger partial charge in [-0.15, -0.1) is 0 Å². The first kappa shape index (κ1) is 29.2. The number of nitrogens with two attached hydrogens (primary N) is 1. The Bertz CT molecular complexity index is 738. The summed E-state index contributed by atoms with van der Waals surface area (Å²) in [5.41, 5.74) is 8.21. The van der Waals surface area contributed by atoms with Gasteiger partial charge in [0.25, 0.3) is 0 Å². The minimum Gasteiger partial charge on any atom is -1.00 e. The summed E-state index contributed by atoms with van der Waals surface area (Å²) in [5, 5.41) is 1.12. The van der Waals surface area contributed by atoms with Gasteiger partial charge in [0.05, 0.1) is 6.61 Å². The molecule has 32 heavy (non-hydrogen) atoms. The van der Waals surface area contributed by atoms with Gasteiger partial charge < -0.3 is 16.9 Å². The third-order valence-electron chi connectivity index (χ3n) is 6.16. The number of esters is 1. The second-order valence-corrected chi connectivity index (χ2v) is 8.93. The van der Waals surface area contributed by atoms with Gasteiger partial charge in [-0.25, -0.2) is 0 Å². The van der Waals surface area contributed by atoms with Crippen molar-refractivity contribution in [1.29, 1.82) is 0 Å². The van der Waals surface area contributed by atoms with E-state index in [2.05, 4.69) is 11.9 Å². The zero-order valence-corrected chi connectivity index (χ0v) is 22.7. The summed E-state index contributed by atoms with van der Waals surface area (Å²) in [6.07, 6.45) is 20.9. The number of fused-ring (bicyclic) bond motifs is 1. The maximum Gasteiger partial charge on any atom is 1.00 e. The maximum atomic E-state index is 12.2. The first-order valence-corrected chi connectivity index (χ1v) is 12.7. The molecule has 0 fully saturated rings. The molecule has 0 unspecified atom stereocenters. The fourth-order valence-corrected chi connectivity index (χ4v) is 4.20. The molecule has 4 nitrogen and oxygen atoms in total. The van der Waals surface area contributed by atoms with Crippen molar-refractivity contribution in [3.05, 3.63) is 36.0 Å². The van der Waals surface area contributed by atoms with Gasteiger partial charge in [0.15, 0.2) is 0 Å². The Morgan fingerprint density at radius 1 is 0.906 bits per heavy atom. The SMILES string of the molecule is CCCCCCCCCCCCCCCCOC(=O)[C@@H](N)Cc1c[nH]c2ccccc12.[H-].[Na+]. The predicted molar refractivity (Wildman–Crippen MR) is 132 cm³/mol. The molecule has 0 bridgehead atoms. The van der Waals surface area contributed by atoms with Gasteiger partial charge in [-0.1, -0.05) is 109 Å². The van der Waals surface area contributed by atoms with Gasteiger partial charge in [0.2, 0.25) is 0 Å². The van der Waals surface area contributed by atoms with E-state index in [0.29, 0.717) is 13.0 Å². The van der Waals surface area contributed by atoms with Crippen LogP contribution in [-0.2, 0) is 16.0 Å². The van der Waals surface area contributed by atoms with Crippen molar-refractivity contribution in [2.45, 2.75) is 109 Å². The van der Waals surface area contributed by atoms with Crippen molar-refractivity contribution in [3.63, 3.8) is 0 Å².